The van der Waals surface area contributed by atoms with E-state index in [1.165, 1.54) is 11.8 Å². The Kier molecular flexibility index (Phi) is 10.2. The lowest BCUT2D eigenvalue weighted by Gasteiger charge is -2.09. The maximum absolute atomic E-state index is 10.9. The summed E-state index contributed by atoms with van der Waals surface area (Å²) in [4.78, 5) is 21.5. The average molecular weight is 393 g/mol. The zero-order chi connectivity index (χ0) is 17.9. The second kappa shape index (κ2) is 11.6. The van der Waals surface area contributed by atoms with Crippen LogP contribution in [0.4, 0.5) is 0 Å². The molecule has 0 fully saturated rings. The van der Waals surface area contributed by atoms with Gasteiger partial charge in [-0.15, -0.1) is 0 Å². The molecule has 0 amide bonds. The van der Waals surface area contributed by atoms with Crippen LogP contribution in [0.5, 0.6) is 0 Å². The van der Waals surface area contributed by atoms with Crippen LogP contribution in [0.1, 0.15) is 37.7 Å². The van der Waals surface area contributed by atoms with E-state index in [2.05, 4.69) is 0 Å². The Morgan fingerprint density at radius 2 is 1.79 bits per heavy atom. The van der Waals surface area contributed by atoms with Crippen LogP contribution >= 0.6 is 35.0 Å². The molecule has 0 aliphatic carbocycles. The number of aliphatic carboxylic acids is 2. The van der Waals surface area contributed by atoms with Gasteiger partial charge in [0.25, 0.3) is 0 Å². The van der Waals surface area contributed by atoms with E-state index in [-0.39, 0.29) is 6.42 Å². The Morgan fingerprint density at radius 3 is 2.42 bits per heavy atom. The van der Waals surface area contributed by atoms with Crippen molar-refractivity contribution in [3.05, 3.63) is 33.8 Å². The molecule has 24 heavy (non-hydrogen) atoms. The Morgan fingerprint density at radius 1 is 1.08 bits per heavy atom. The topological polar surface area (TPSA) is 74.6 Å². The molecule has 0 aliphatic rings. The molecule has 0 unspecified atom stereocenters. The summed E-state index contributed by atoms with van der Waals surface area (Å²) >= 11 is 13.5. The number of hydrogen-bond donors (Lipinski definition) is 2. The monoisotopic (exact) mass is 392 g/mol. The predicted octanol–water partition coefficient (Wildman–Crippen LogP) is 5.01. The van der Waals surface area contributed by atoms with Crippen LogP contribution in [0.2, 0.25) is 10.0 Å². The van der Waals surface area contributed by atoms with Gasteiger partial charge < -0.3 is 10.2 Å². The van der Waals surface area contributed by atoms with Gasteiger partial charge in [-0.2, -0.15) is 11.8 Å². The standard InChI is InChI=1S/C17H22Cl2O4S/c18-14-7-6-12(15(19)10-14)5-3-1-2-4-8-24-11-13(17(22)23)9-16(20)21/h6-7,10,13H,1-5,8-9,11H2,(H,20,21)(H,22,23)/t13-/m1/s1. The molecule has 1 aromatic carbocycles. The zero-order valence-corrected chi connectivity index (χ0v) is 15.7. The van der Waals surface area contributed by atoms with E-state index in [9.17, 15) is 9.59 Å². The second-order valence-electron chi connectivity index (χ2n) is 5.61. The minimum atomic E-state index is -1.07. The first kappa shape index (κ1) is 21.1. The van der Waals surface area contributed by atoms with Crippen LogP contribution in [0.25, 0.3) is 0 Å². The highest BCUT2D eigenvalue weighted by molar-refractivity contribution is 7.99. The highest BCUT2D eigenvalue weighted by Gasteiger charge is 2.20. The minimum absolute atomic E-state index is 0.315. The lowest BCUT2D eigenvalue weighted by molar-refractivity contribution is -0.147. The lowest BCUT2D eigenvalue weighted by atomic mass is 10.1. The summed E-state index contributed by atoms with van der Waals surface area (Å²) in [7, 11) is 0. The van der Waals surface area contributed by atoms with Gasteiger partial charge in [-0.25, -0.2) is 0 Å². The van der Waals surface area contributed by atoms with E-state index in [1.807, 2.05) is 12.1 Å². The van der Waals surface area contributed by atoms with E-state index in [1.54, 1.807) is 6.07 Å². The van der Waals surface area contributed by atoms with Gasteiger partial charge in [0.1, 0.15) is 0 Å². The molecule has 4 nitrogen and oxygen atoms in total. The summed E-state index contributed by atoms with van der Waals surface area (Å²) in [6.07, 6.45) is 4.79. The van der Waals surface area contributed by atoms with Crippen LogP contribution in [0.15, 0.2) is 18.2 Å². The number of carboxylic acid groups (broad SMARTS) is 2. The maximum Gasteiger partial charge on any atom is 0.307 e. The van der Waals surface area contributed by atoms with E-state index < -0.39 is 17.9 Å². The normalized spacial score (nSPS) is 12.1. The number of hydrogen-bond acceptors (Lipinski definition) is 3. The highest BCUT2D eigenvalue weighted by atomic mass is 35.5. The number of thioether (sulfide) groups is 1. The number of rotatable bonds is 12. The molecule has 0 bridgehead atoms. The molecule has 7 heteroatoms. The Hall–Kier alpha value is -0.910. The summed E-state index contributed by atoms with van der Waals surface area (Å²) in [5, 5.41) is 19.0. The summed E-state index contributed by atoms with van der Waals surface area (Å²) in [6, 6.07) is 5.55. The lowest BCUT2D eigenvalue weighted by Crippen LogP contribution is -2.20. The van der Waals surface area contributed by atoms with Crippen molar-refractivity contribution in [2.75, 3.05) is 11.5 Å². The van der Waals surface area contributed by atoms with Crippen molar-refractivity contribution in [3.8, 4) is 0 Å². The largest absolute Gasteiger partial charge is 0.481 e. The quantitative estimate of drug-likeness (QED) is 0.489. The number of carboxylic acids is 2. The van der Waals surface area contributed by atoms with Crippen LogP contribution in [-0.4, -0.2) is 33.7 Å². The molecule has 1 aromatic rings. The molecule has 0 saturated carbocycles. The van der Waals surface area contributed by atoms with Crippen molar-refractivity contribution in [1.29, 1.82) is 0 Å². The molecule has 0 aliphatic heterocycles. The third-order valence-corrected chi connectivity index (χ3v) is 5.39. The molecule has 134 valence electrons. The van der Waals surface area contributed by atoms with Crippen molar-refractivity contribution >= 4 is 46.9 Å². The van der Waals surface area contributed by atoms with Gasteiger partial charge in [0.05, 0.1) is 12.3 Å². The molecule has 0 radical (unpaired) electrons. The number of aryl methyl sites for hydroxylation is 1. The number of halogens is 2. The fraction of sp³-hybridized carbons (Fsp3) is 0.529. The molecule has 1 atom stereocenters. The molecular weight excluding hydrogens is 371 g/mol. The molecule has 0 heterocycles. The fourth-order valence-electron chi connectivity index (χ4n) is 2.25. The van der Waals surface area contributed by atoms with Gasteiger partial charge >= 0.3 is 11.9 Å². The van der Waals surface area contributed by atoms with E-state index in [4.69, 9.17) is 33.4 Å². The second-order valence-corrected chi connectivity index (χ2v) is 7.60. The Labute approximate surface area is 156 Å². The molecule has 0 saturated heterocycles. The van der Waals surface area contributed by atoms with Gasteiger partial charge in [0, 0.05) is 15.8 Å². The first-order valence-corrected chi connectivity index (χ1v) is 9.77. The molecule has 1 rings (SSSR count). The number of unbranched alkanes of at least 4 members (excludes halogenated alkanes) is 3. The van der Waals surface area contributed by atoms with Crippen LogP contribution in [0.3, 0.4) is 0 Å². The molecular formula is C17H22Cl2O4S. The summed E-state index contributed by atoms with van der Waals surface area (Å²) in [6.45, 7) is 0. The zero-order valence-electron chi connectivity index (χ0n) is 13.3. The van der Waals surface area contributed by atoms with E-state index in [0.717, 1.165) is 43.4 Å². The van der Waals surface area contributed by atoms with E-state index >= 15 is 0 Å². The van der Waals surface area contributed by atoms with Gasteiger partial charge in [-0.05, 0) is 42.7 Å². The third kappa shape index (κ3) is 8.81. The Bertz CT molecular complexity index is 551. The Balaban J connectivity index is 2.09. The predicted molar refractivity (Wildman–Crippen MR) is 99.3 cm³/mol. The molecule has 0 spiro atoms. The SMILES string of the molecule is O=C(O)C[C@H](CSCCCCCCc1ccc(Cl)cc1Cl)C(=O)O. The van der Waals surface area contributed by atoms with Crippen LogP contribution < -0.4 is 0 Å². The van der Waals surface area contributed by atoms with Crippen molar-refractivity contribution in [2.24, 2.45) is 5.92 Å². The summed E-state index contributed by atoms with van der Waals surface area (Å²) < 4.78 is 0. The minimum Gasteiger partial charge on any atom is -0.481 e. The summed E-state index contributed by atoms with van der Waals surface area (Å²) in [5.74, 6) is -1.71. The van der Waals surface area contributed by atoms with Crippen LogP contribution in [-0.2, 0) is 16.0 Å². The molecule has 0 aromatic heterocycles. The van der Waals surface area contributed by atoms with Crippen molar-refractivity contribution in [3.63, 3.8) is 0 Å². The van der Waals surface area contributed by atoms with Gasteiger partial charge in [0.2, 0.25) is 0 Å². The first-order valence-electron chi connectivity index (χ1n) is 7.86. The highest BCUT2D eigenvalue weighted by Crippen LogP contribution is 2.23. The number of benzene rings is 1. The van der Waals surface area contributed by atoms with Crippen LogP contribution in [0, 0.1) is 5.92 Å². The van der Waals surface area contributed by atoms with Gasteiger partial charge in [-0.1, -0.05) is 42.1 Å². The average Bonchev–Trinajstić information content (AvgIpc) is 2.49. The smallest absolute Gasteiger partial charge is 0.307 e. The van der Waals surface area contributed by atoms with Crippen molar-refractivity contribution in [1.82, 2.24) is 0 Å². The molecule has 2 N–H and O–H groups in total. The van der Waals surface area contributed by atoms with Crippen molar-refractivity contribution < 1.29 is 19.8 Å². The third-order valence-electron chi connectivity index (χ3n) is 3.59. The maximum atomic E-state index is 10.9. The van der Waals surface area contributed by atoms with Crippen molar-refractivity contribution in [2.45, 2.75) is 38.5 Å². The van der Waals surface area contributed by atoms with E-state index in [0.29, 0.717) is 15.8 Å². The van der Waals surface area contributed by atoms with Gasteiger partial charge in [-0.3, -0.25) is 9.59 Å². The van der Waals surface area contributed by atoms with Gasteiger partial charge in [0.15, 0.2) is 0 Å². The first-order chi connectivity index (χ1) is 11.4. The number of carbonyl (C=O) groups is 2. The summed E-state index contributed by atoms with van der Waals surface area (Å²) in [5.41, 5.74) is 1.11. The fourth-order valence-corrected chi connectivity index (χ4v) is 3.87.